The van der Waals surface area contributed by atoms with Crippen LogP contribution in [-0.4, -0.2) is 34.6 Å². The first-order valence-electron chi connectivity index (χ1n) is 6.00. The van der Waals surface area contributed by atoms with E-state index in [4.69, 9.17) is 5.11 Å². The molecule has 0 saturated heterocycles. The molecule has 3 nitrogen and oxygen atoms in total. The van der Waals surface area contributed by atoms with E-state index in [1.54, 1.807) is 0 Å². The predicted octanol–water partition coefficient (Wildman–Crippen LogP) is 2.36. The largest absolute Gasteiger partial charge is 0.481 e. The molecule has 1 unspecified atom stereocenters. The molecule has 1 aliphatic carbocycles. The van der Waals surface area contributed by atoms with Crippen LogP contribution in [0.3, 0.4) is 0 Å². The molecule has 0 aliphatic heterocycles. The topological polar surface area (TPSA) is 40.5 Å². The van der Waals surface area contributed by atoms with Crippen molar-refractivity contribution in [3.63, 3.8) is 0 Å². The van der Waals surface area contributed by atoms with Crippen molar-refractivity contribution in [3.05, 3.63) is 0 Å². The zero-order chi connectivity index (χ0) is 11.4. The average molecular weight is 213 g/mol. The summed E-state index contributed by atoms with van der Waals surface area (Å²) >= 11 is 0. The molecule has 0 heterocycles. The van der Waals surface area contributed by atoms with Crippen LogP contribution >= 0.6 is 0 Å². The van der Waals surface area contributed by atoms with Gasteiger partial charge in [-0.2, -0.15) is 0 Å². The van der Waals surface area contributed by atoms with Crippen molar-refractivity contribution in [2.24, 2.45) is 5.92 Å². The summed E-state index contributed by atoms with van der Waals surface area (Å²) in [5.41, 5.74) is 0. The summed E-state index contributed by atoms with van der Waals surface area (Å²) in [5.74, 6) is 0.176. The number of hydrogen-bond acceptors (Lipinski definition) is 2. The van der Waals surface area contributed by atoms with E-state index in [0.717, 1.165) is 18.9 Å². The molecule has 1 saturated carbocycles. The van der Waals surface area contributed by atoms with Crippen LogP contribution in [0, 0.1) is 5.92 Å². The second-order valence-corrected chi connectivity index (χ2v) is 4.91. The highest BCUT2D eigenvalue weighted by Crippen LogP contribution is 2.35. The molecular formula is C12H23NO2. The maximum absolute atomic E-state index is 10.4. The van der Waals surface area contributed by atoms with Gasteiger partial charge in [0.2, 0.25) is 0 Å². The highest BCUT2D eigenvalue weighted by molar-refractivity contribution is 5.66. The van der Waals surface area contributed by atoms with Crippen molar-refractivity contribution in [2.45, 2.75) is 58.5 Å². The van der Waals surface area contributed by atoms with E-state index >= 15 is 0 Å². The Labute approximate surface area is 92.5 Å². The number of carboxylic acids is 1. The van der Waals surface area contributed by atoms with Gasteiger partial charge < -0.3 is 5.11 Å². The fraction of sp³-hybridized carbons (Fsp3) is 0.917. The van der Waals surface area contributed by atoms with Gasteiger partial charge in [0.05, 0.1) is 0 Å². The number of nitrogens with zero attached hydrogens (tertiary/aromatic N) is 1. The standard InChI is InChI=1S/C12H23NO2/c1-9(2)13(8-4-5-12(14)15)10(3)11-6-7-11/h9-11H,4-8H2,1-3H3,(H,14,15). The molecule has 0 aromatic heterocycles. The van der Waals surface area contributed by atoms with E-state index in [-0.39, 0.29) is 0 Å². The molecule has 0 aromatic rings. The smallest absolute Gasteiger partial charge is 0.303 e. The minimum absolute atomic E-state index is 0.292. The number of rotatable bonds is 7. The Morgan fingerprint density at radius 1 is 1.40 bits per heavy atom. The molecule has 1 atom stereocenters. The molecule has 0 aromatic carbocycles. The molecule has 88 valence electrons. The SMILES string of the molecule is CC(C)N(CCCC(=O)O)C(C)C1CC1. The summed E-state index contributed by atoms with van der Waals surface area (Å²) in [6, 6.07) is 1.15. The molecule has 1 rings (SSSR count). The molecule has 1 N–H and O–H groups in total. The lowest BCUT2D eigenvalue weighted by Gasteiger charge is -2.32. The zero-order valence-electron chi connectivity index (χ0n) is 10.1. The maximum Gasteiger partial charge on any atom is 0.303 e. The first-order valence-corrected chi connectivity index (χ1v) is 6.00. The first-order chi connectivity index (χ1) is 7.02. The Hall–Kier alpha value is -0.570. The lowest BCUT2D eigenvalue weighted by molar-refractivity contribution is -0.137. The molecule has 3 heteroatoms. The summed E-state index contributed by atoms with van der Waals surface area (Å²) in [4.78, 5) is 12.9. The summed E-state index contributed by atoms with van der Waals surface area (Å²) in [7, 11) is 0. The van der Waals surface area contributed by atoms with Crippen LogP contribution in [0.25, 0.3) is 0 Å². The van der Waals surface area contributed by atoms with Gasteiger partial charge in [-0.1, -0.05) is 0 Å². The maximum atomic E-state index is 10.4. The van der Waals surface area contributed by atoms with Gasteiger partial charge in [-0.3, -0.25) is 9.69 Å². The minimum atomic E-state index is -0.683. The fourth-order valence-electron chi connectivity index (χ4n) is 2.19. The number of carboxylic acid groups (broad SMARTS) is 1. The van der Waals surface area contributed by atoms with Gasteiger partial charge in [0.1, 0.15) is 0 Å². The predicted molar refractivity (Wildman–Crippen MR) is 60.9 cm³/mol. The van der Waals surface area contributed by atoms with E-state index in [9.17, 15) is 4.79 Å². The molecule has 0 radical (unpaired) electrons. The molecule has 15 heavy (non-hydrogen) atoms. The van der Waals surface area contributed by atoms with E-state index in [1.807, 2.05) is 0 Å². The molecule has 1 fully saturated rings. The second kappa shape index (κ2) is 5.50. The molecule has 0 bridgehead atoms. The van der Waals surface area contributed by atoms with Gasteiger partial charge in [0.25, 0.3) is 0 Å². The molecule has 1 aliphatic rings. The van der Waals surface area contributed by atoms with Crippen LogP contribution in [0.15, 0.2) is 0 Å². The van der Waals surface area contributed by atoms with Gasteiger partial charge in [0, 0.05) is 18.5 Å². The lowest BCUT2D eigenvalue weighted by atomic mass is 10.1. The van der Waals surface area contributed by atoms with Crippen molar-refractivity contribution >= 4 is 5.97 Å². The van der Waals surface area contributed by atoms with E-state index in [2.05, 4.69) is 25.7 Å². The summed E-state index contributed by atoms with van der Waals surface area (Å²) < 4.78 is 0. The van der Waals surface area contributed by atoms with Gasteiger partial charge in [0.15, 0.2) is 0 Å². The van der Waals surface area contributed by atoms with E-state index in [1.165, 1.54) is 12.8 Å². The zero-order valence-corrected chi connectivity index (χ0v) is 10.1. The summed E-state index contributed by atoms with van der Waals surface area (Å²) in [6.07, 6.45) is 3.76. The molecular weight excluding hydrogens is 190 g/mol. The first kappa shape index (κ1) is 12.5. The van der Waals surface area contributed by atoms with Gasteiger partial charge in [-0.05, 0) is 52.5 Å². The van der Waals surface area contributed by atoms with E-state index < -0.39 is 5.97 Å². The van der Waals surface area contributed by atoms with Gasteiger partial charge in [-0.25, -0.2) is 0 Å². The van der Waals surface area contributed by atoms with Crippen molar-refractivity contribution in [2.75, 3.05) is 6.54 Å². The van der Waals surface area contributed by atoms with Crippen LogP contribution in [0.2, 0.25) is 0 Å². The normalized spacial score (nSPS) is 18.5. The Morgan fingerprint density at radius 3 is 2.40 bits per heavy atom. The monoisotopic (exact) mass is 213 g/mol. The molecule has 0 spiro atoms. The number of carbonyl (C=O) groups is 1. The third-order valence-electron chi connectivity index (χ3n) is 3.30. The Kier molecular flexibility index (Phi) is 4.58. The number of aliphatic carboxylic acids is 1. The van der Waals surface area contributed by atoms with Gasteiger partial charge in [-0.15, -0.1) is 0 Å². The molecule has 0 amide bonds. The highest BCUT2D eigenvalue weighted by Gasteiger charge is 2.32. The van der Waals surface area contributed by atoms with E-state index in [0.29, 0.717) is 18.5 Å². The van der Waals surface area contributed by atoms with Crippen molar-refractivity contribution in [1.29, 1.82) is 0 Å². The minimum Gasteiger partial charge on any atom is -0.481 e. The van der Waals surface area contributed by atoms with Crippen LogP contribution in [0.4, 0.5) is 0 Å². The van der Waals surface area contributed by atoms with Crippen molar-refractivity contribution < 1.29 is 9.90 Å². The fourth-order valence-corrected chi connectivity index (χ4v) is 2.19. The van der Waals surface area contributed by atoms with Crippen LogP contribution in [-0.2, 0) is 4.79 Å². The highest BCUT2D eigenvalue weighted by atomic mass is 16.4. The van der Waals surface area contributed by atoms with Crippen molar-refractivity contribution in [1.82, 2.24) is 4.90 Å². The third kappa shape index (κ3) is 4.20. The summed E-state index contributed by atoms with van der Waals surface area (Å²) in [5, 5.41) is 8.61. The van der Waals surface area contributed by atoms with Crippen LogP contribution in [0.5, 0.6) is 0 Å². The van der Waals surface area contributed by atoms with Crippen LogP contribution in [0.1, 0.15) is 46.5 Å². The Balaban J connectivity index is 2.32. The third-order valence-corrected chi connectivity index (χ3v) is 3.30. The Bertz CT molecular complexity index is 212. The van der Waals surface area contributed by atoms with Gasteiger partial charge >= 0.3 is 5.97 Å². The number of hydrogen-bond donors (Lipinski definition) is 1. The van der Waals surface area contributed by atoms with Crippen LogP contribution < -0.4 is 0 Å². The Morgan fingerprint density at radius 2 is 2.00 bits per heavy atom. The average Bonchev–Trinajstić information content (AvgIpc) is 2.93. The lowest BCUT2D eigenvalue weighted by Crippen LogP contribution is -2.40. The van der Waals surface area contributed by atoms with Crippen molar-refractivity contribution in [3.8, 4) is 0 Å². The summed E-state index contributed by atoms with van der Waals surface area (Å²) in [6.45, 7) is 7.58. The second-order valence-electron chi connectivity index (χ2n) is 4.91. The quantitative estimate of drug-likeness (QED) is 0.705.